The zero-order chi connectivity index (χ0) is 100. The van der Waals surface area contributed by atoms with Crippen molar-refractivity contribution in [1.29, 1.82) is 0 Å². The van der Waals surface area contributed by atoms with Gasteiger partial charge in [-0.2, -0.15) is 299 Å². The minimum atomic E-state index is -10.0. The number of aromatic hydroxyl groups is 2. The lowest BCUT2D eigenvalue weighted by molar-refractivity contribution is -0.463. The molecule has 2 aromatic carbocycles. The molecule has 1 aliphatic rings. The molecule has 1 aliphatic carbocycles. The van der Waals surface area contributed by atoms with Crippen molar-refractivity contribution in [2.75, 3.05) is 0 Å². The molecular formula is C52H18F68N2O2. The molecule has 0 heterocycles. The van der Waals surface area contributed by atoms with Gasteiger partial charge in [0, 0.05) is 34.7 Å². The zero-order valence-corrected chi connectivity index (χ0v) is 54.9. The number of phenolic OH excluding ortho intramolecular Hbond substituents is 2. The Morgan fingerprint density at radius 3 is 0.484 bits per heavy atom. The molecule has 2 atom stereocenters. The fraction of sp³-hybridized carbons (Fsp3) is 0.731. The molecule has 3 rings (SSSR count). The minimum absolute atomic E-state index is 1.19. The zero-order valence-electron chi connectivity index (χ0n) is 54.9. The minimum Gasteiger partial charge on any atom is -0.507 e. The summed E-state index contributed by atoms with van der Waals surface area (Å²) >= 11 is 0. The van der Waals surface area contributed by atoms with Crippen LogP contribution in [0, 0.1) is 0 Å². The number of hydrogen-bond acceptors (Lipinski definition) is 4. The smallest absolute Gasteiger partial charge is 0.460 e. The topological polar surface area (TPSA) is 65.2 Å². The standard InChI is InChI=1S/C52H18F68N2O2/c53-21(54,25(61,62)29(69,70)33(77,78)37(85,86)41(93,94)45(101,102)49(109,110)111)13-5-11(19(123)15(7-13)23(57,58)27(65,66)31(73,74)35(81,82)39(89,90)43(97,98)47(105,106)51(115,116)117)9-121-17-3-1-2-4-18(17)122-10-12-6-14(22(55,56)26(63,64)30(71,72)34(79,80)38(87,88)42(95,96)46(103,104)50(112,113)114)8-16(20(12)124)24(59,60)28(67,68)32(75,76)36(83,84)40(91,92)44(99,100)48(107,108)52(118,119)120/h5-10,17-18,123-124H,1-4H2/t17-,18-/m1/s1. The summed E-state index contributed by atoms with van der Waals surface area (Å²) in [6, 6.07) is -16.9. The molecule has 0 aromatic heterocycles. The summed E-state index contributed by atoms with van der Waals surface area (Å²) in [5, 5.41) is 21.0. The summed E-state index contributed by atoms with van der Waals surface area (Å²) in [7, 11) is 0. The first-order chi connectivity index (χ1) is 53.2. The molecule has 0 spiro atoms. The Kier molecular flexibility index (Phi) is 26.4. The predicted octanol–water partition coefficient (Wildman–Crippen LogP) is 25.8. The molecule has 2 N–H and O–H groups in total. The predicted molar refractivity (Wildman–Crippen MR) is 256 cm³/mol. The van der Waals surface area contributed by atoms with Gasteiger partial charge in [-0.25, -0.2) is 0 Å². The average Bonchev–Trinajstić information content (AvgIpc) is 0.697. The molecule has 0 bridgehead atoms. The third-order valence-electron chi connectivity index (χ3n) is 17.1. The van der Waals surface area contributed by atoms with Crippen molar-refractivity contribution >= 4 is 12.4 Å². The van der Waals surface area contributed by atoms with E-state index in [2.05, 4.69) is 9.98 Å². The molecule has 0 radical (unpaired) electrons. The Bertz CT molecular complexity index is 4000. The Hall–Kier alpha value is -7.38. The summed E-state index contributed by atoms with van der Waals surface area (Å²) in [4.78, 5) is 5.08. The van der Waals surface area contributed by atoms with Crippen LogP contribution in [0.5, 0.6) is 11.5 Å². The van der Waals surface area contributed by atoms with Crippen LogP contribution in [0.25, 0.3) is 0 Å². The first kappa shape index (κ1) is 111. The van der Waals surface area contributed by atoms with Crippen molar-refractivity contribution in [2.24, 2.45) is 9.98 Å². The van der Waals surface area contributed by atoms with E-state index in [1.807, 2.05) is 0 Å². The van der Waals surface area contributed by atoms with Gasteiger partial charge in [0.2, 0.25) is 0 Å². The van der Waals surface area contributed by atoms with Gasteiger partial charge in [-0.05, 0) is 37.1 Å². The molecule has 124 heavy (non-hydrogen) atoms. The van der Waals surface area contributed by atoms with Gasteiger partial charge in [-0.1, -0.05) is 12.8 Å². The summed E-state index contributed by atoms with van der Waals surface area (Å²) < 4.78 is 975. The van der Waals surface area contributed by atoms with Crippen LogP contribution in [-0.2, 0) is 23.7 Å². The van der Waals surface area contributed by atoms with Crippen molar-refractivity contribution in [1.82, 2.24) is 0 Å². The highest BCUT2D eigenvalue weighted by Crippen LogP contribution is 2.73. The van der Waals surface area contributed by atoms with Crippen LogP contribution in [0.2, 0.25) is 0 Å². The third-order valence-corrected chi connectivity index (χ3v) is 17.1. The van der Waals surface area contributed by atoms with Gasteiger partial charge in [-0.3, -0.25) is 9.98 Å². The summed E-state index contributed by atoms with van der Waals surface area (Å²) in [5.74, 6) is -278. The van der Waals surface area contributed by atoms with E-state index in [4.69, 9.17) is 0 Å². The monoisotopic (exact) mass is 1990 g/mol. The lowest BCUT2D eigenvalue weighted by Crippen LogP contribution is -2.74. The fourth-order valence-corrected chi connectivity index (χ4v) is 9.50. The number of halogens is 68. The maximum Gasteiger partial charge on any atom is 0.460 e. The Labute approximate surface area is 629 Å². The number of aliphatic imine (C=N–C) groups is 2. The maximum absolute atomic E-state index is 16.0. The number of rotatable bonds is 32. The van der Waals surface area contributed by atoms with Crippen LogP contribution in [-0.4, -0.2) is 202 Å². The van der Waals surface area contributed by atoms with Gasteiger partial charge in [-0.15, -0.1) is 0 Å². The van der Waals surface area contributed by atoms with Crippen molar-refractivity contribution < 1.29 is 309 Å². The fourth-order valence-electron chi connectivity index (χ4n) is 9.50. The lowest BCUT2D eigenvalue weighted by atomic mass is 9.84. The van der Waals surface area contributed by atoms with Gasteiger partial charge >= 0.3 is 191 Å². The van der Waals surface area contributed by atoms with Crippen LogP contribution in [0.3, 0.4) is 0 Å². The van der Waals surface area contributed by atoms with Gasteiger partial charge < -0.3 is 10.2 Å². The van der Waals surface area contributed by atoms with Gasteiger partial charge in [0.25, 0.3) is 0 Å². The molecule has 4 nitrogen and oxygen atoms in total. The van der Waals surface area contributed by atoms with E-state index in [1.165, 1.54) is 0 Å². The normalized spacial score (nSPS) is 18.5. The van der Waals surface area contributed by atoms with E-state index in [-0.39, 0.29) is 0 Å². The second kappa shape index (κ2) is 29.6. The molecule has 724 valence electrons. The Morgan fingerprint density at radius 2 is 0.331 bits per heavy atom. The SMILES string of the molecule is Oc1c(C=N[C@@H]2CCCC[C@H]2N=Cc2cc(C(F)(F)C(F)(F)C(F)(F)C(F)(F)C(F)(F)C(F)(F)C(F)(F)C(F)(F)F)cc(C(F)(F)C(F)(F)C(F)(F)C(F)(F)C(F)(F)C(F)(F)C(F)(F)C(F)(F)F)c2O)cc(C(F)(F)C(F)(F)C(F)(F)C(F)(F)C(F)(F)C(F)(F)C(F)(F)C(F)(F)F)cc1C(F)(F)C(F)(F)C(F)(F)C(F)(F)C(F)(F)C(F)(F)C(F)(F)C(F)(F)F. The van der Waals surface area contributed by atoms with Gasteiger partial charge in [0.15, 0.2) is 0 Å². The van der Waals surface area contributed by atoms with E-state index in [0.717, 1.165) is 0 Å². The Balaban J connectivity index is 2.82. The number of nitrogens with zero attached hydrogens (tertiary/aromatic N) is 2. The van der Waals surface area contributed by atoms with Crippen LogP contribution in [0.15, 0.2) is 34.3 Å². The molecule has 0 saturated heterocycles. The van der Waals surface area contributed by atoms with Crippen LogP contribution in [0.1, 0.15) is 59.1 Å². The second-order valence-corrected chi connectivity index (χ2v) is 25.0. The molecule has 2 aromatic rings. The van der Waals surface area contributed by atoms with Crippen LogP contribution in [0.4, 0.5) is 299 Å². The highest BCUT2D eigenvalue weighted by Gasteiger charge is 3.01. The number of hydrogen-bond donors (Lipinski definition) is 2. The molecule has 0 unspecified atom stereocenters. The second-order valence-electron chi connectivity index (χ2n) is 25.0. The Morgan fingerprint density at radius 1 is 0.194 bits per heavy atom. The highest BCUT2D eigenvalue weighted by atomic mass is 19.5. The maximum atomic E-state index is 16.0. The molecular weight excluding hydrogens is 1980 g/mol. The van der Waals surface area contributed by atoms with Gasteiger partial charge in [0.05, 0.1) is 23.2 Å². The summed E-state index contributed by atoms with van der Waals surface area (Å²) in [6.07, 6.45) is -43.6. The van der Waals surface area contributed by atoms with Crippen molar-refractivity contribution in [3.8, 4) is 11.5 Å². The average molecular weight is 1990 g/mol. The number of phenols is 2. The van der Waals surface area contributed by atoms with E-state index in [1.54, 1.807) is 0 Å². The van der Waals surface area contributed by atoms with Crippen molar-refractivity contribution in [3.63, 3.8) is 0 Å². The number of benzene rings is 2. The van der Waals surface area contributed by atoms with E-state index in [0.29, 0.717) is 0 Å². The molecule has 0 amide bonds. The first-order valence-electron chi connectivity index (χ1n) is 28.9. The highest BCUT2D eigenvalue weighted by molar-refractivity contribution is 5.86. The molecule has 0 aliphatic heterocycles. The van der Waals surface area contributed by atoms with Crippen molar-refractivity contribution in [2.45, 2.75) is 228 Å². The largest absolute Gasteiger partial charge is 0.507 e. The third kappa shape index (κ3) is 14.3. The molecule has 72 heteroatoms. The summed E-state index contributed by atoms with van der Waals surface area (Å²) in [6.45, 7) is 0. The van der Waals surface area contributed by atoms with Crippen LogP contribution >= 0.6 is 0 Å². The first-order valence-corrected chi connectivity index (χ1v) is 28.9. The van der Waals surface area contributed by atoms with E-state index in [9.17, 15) is 203 Å². The molecule has 1 saturated carbocycles. The van der Waals surface area contributed by atoms with Crippen LogP contribution < -0.4 is 0 Å². The number of alkyl halides is 68. The van der Waals surface area contributed by atoms with Crippen molar-refractivity contribution in [3.05, 3.63) is 57.6 Å². The van der Waals surface area contributed by atoms with E-state index >= 15 is 105 Å². The molecule has 1 fully saturated rings. The van der Waals surface area contributed by atoms with Gasteiger partial charge in [0.1, 0.15) is 11.5 Å². The lowest BCUT2D eigenvalue weighted by Gasteiger charge is -2.43. The summed E-state index contributed by atoms with van der Waals surface area (Å²) in [5.41, 5.74) is -27.2. The quantitative estimate of drug-likeness (QED) is 0.0566. The van der Waals surface area contributed by atoms with E-state index < -0.39 is 310 Å².